The van der Waals surface area contributed by atoms with Crippen LogP contribution in [0.25, 0.3) is 0 Å². The van der Waals surface area contributed by atoms with Gasteiger partial charge in [0.2, 0.25) is 0 Å². The third-order valence-corrected chi connectivity index (χ3v) is 2.40. The molecule has 76 valence electrons. The zero-order chi connectivity index (χ0) is 9.80. The standard InChI is InChI=1S/C11H15NO2/c13-7-3-6-12-8-10-4-1-2-5-11(10)14-9-12/h1-2,4-5,13H,3,6-9H2. The van der Waals surface area contributed by atoms with Crippen molar-refractivity contribution in [1.82, 2.24) is 4.90 Å². The first-order valence-electron chi connectivity index (χ1n) is 4.94. The highest BCUT2D eigenvalue weighted by Gasteiger charge is 2.15. The zero-order valence-electron chi connectivity index (χ0n) is 8.15. The molecule has 0 saturated carbocycles. The molecule has 14 heavy (non-hydrogen) atoms. The minimum Gasteiger partial charge on any atom is -0.478 e. The lowest BCUT2D eigenvalue weighted by atomic mass is 10.1. The van der Waals surface area contributed by atoms with E-state index in [1.165, 1.54) is 5.56 Å². The molecule has 0 amide bonds. The normalized spacial score (nSPS) is 16.1. The van der Waals surface area contributed by atoms with Crippen LogP contribution in [-0.2, 0) is 6.54 Å². The molecule has 1 aliphatic rings. The lowest BCUT2D eigenvalue weighted by Crippen LogP contribution is -2.33. The largest absolute Gasteiger partial charge is 0.478 e. The lowest BCUT2D eigenvalue weighted by molar-refractivity contribution is 0.0884. The minimum absolute atomic E-state index is 0.248. The molecule has 0 spiro atoms. The molecule has 1 aromatic rings. The fraction of sp³-hybridized carbons (Fsp3) is 0.455. The van der Waals surface area contributed by atoms with Gasteiger partial charge in [0.25, 0.3) is 0 Å². The number of fused-ring (bicyclic) bond motifs is 1. The van der Waals surface area contributed by atoms with Gasteiger partial charge >= 0.3 is 0 Å². The summed E-state index contributed by atoms with van der Waals surface area (Å²) in [5.41, 5.74) is 1.23. The molecular formula is C11H15NO2. The van der Waals surface area contributed by atoms with Crippen molar-refractivity contribution < 1.29 is 9.84 Å². The average Bonchev–Trinajstić information content (AvgIpc) is 2.26. The van der Waals surface area contributed by atoms with Crippen molar-refractivity contribution in [1.29, 1.82) is 0 Å². The number of para-hydroxylation sites is 1. The van der Waals surface area contributed by atoms with E-state index in [1.54, 1.807) is 0 Å². The molecule has 0 fully saturated rings. The summed E-state index contributed by atoms with van der Waals surface area (Å²) in [6.45, 7) is 2.70. The van der Waals surface area contributed by atoms with Gasteiger partial charge in [0, 0.05) is 25.3 Å². The maximum atomic E-state index is 8.72. The van der Waals surface area contributed by atoms with E-state index in [9.17, 15) is 0 Å². The van der Waals surface area contributed by atoms with Gasteiger partial charge in [0.1, 0.15) is 12.5 Å². The smallest absolute Gasteiger partial charge is 0.142 e. The molecule has 0 aliphatic carbocycles. The van der Waals surface area contributed by atoms with Gasteiger partial charge in [-0.25, -0.2) is 0 Å². The third kappa shape index (κ3) is 2.05. The van der Waals surface area contributed by atoms with E-state index >= 15 is 0 Å². The number of hydrogen-bond donors (Lipinski definition) is 1. The van der Waals surface area contributed by atoms with Gasteiger partial charge in [0.05, 0.1) is 0 Å². The molecule has 1 aliphatic heterocycles. The molecule has 3 heteroatoms. The fourth-order valence-corrected chi connectivity index (χ4v) is 1.66. The summed E-state index contributed by atoms with van der Waals surface area (Å²) in [5, 5.41) is 8.72. The molecule has 3 nitrogen and oxygen atoms in total. The molecule has 0 saturated heterocycles. The van der Waals surface area contributed by atoms with Crippen LogP contribution in [0.1, 0.15) is 12.0 Å². The Morgan fingerprint density at radius 2 is 2.21 bits per heavy atom. The number of hydrogen-bond acceptors (Lipinski definition) is 3. The van der Waals surface area contributed by atoms with E-state index in [1.807, 2.05) is 18.2 Å². The third-order valence-electron chi connectivity index (χ3n) is 2.40. The van der Waals surface area contributed by atoms with Crippen LogP contribution >= 0.6 is 0 Å². The summed E-state index contributed by atoms with van der Waals surface area (Å²) in [4.78, 5) is 2.19. The van der Waals surface area contributed by atoms with E-state index in [0.717, 1.165) is 25.3 Å². The number of aliphatic hydroxyl groups excluding tert-OH is 1. The van der Waals surface area contributed by atoms with Crippen molar-refractivity contribution in [3.05, 3.63) is 29.8 Å². The molecule has 1 aromatic carbocycles. The van der Waals surface area contributed by atoms with Crippen LogP contribution in [0, 0.1) is 0 Å². The maximum Gasteiger partial charge on any atom is 0.142 e. The van der Waals surface area contributed by atoms with Crippen molar-refractivity contribution >= 4 is 0 Å². The molecule has 0 unspecified atom stereocenters. The van der Waals surface area contributed by atoms with Crippen molar-refractivity contribution in [2.75, 3.05) is 19.9 Å². The van der Waals surface area contributed by atoms with Gasteiger partial charge < -0.3 is 9.84 Å². The van der Waals surface area contributed by atoms with Gasteiger partial charge in [-0.05, 0) is 12.5 Å². The average molecular weight is 193 g/mol. The topological polar surface area (TPSA) is 32.7 Å². The second-order valence-corrected chi connectivity index (χ2v) is 3.51. The van der Waals surface area contributed by atoms with Crippen molar-refractivity contribution in [2.45, 2.75) is 13.0 Å². The second-order valence-electron chi connectivity index (χ2n) is 3.51. The van der Waals surface area contributed by atoms with E-state index in [2.05, 4.69) is 11.0 Å². The minimum atomic E-state index is 0.248. The highest BCUT2D eigenvalue weighted by Crippen LogP contribution is 2.23. The summed E-state index contributed by atoms with van der Waals surface area (Å²) < 4.78 is 5.58. The van der Waals surface area contributed by atoms with Crippen LogP contribution in [0.3, 0.4) is 0 Å². The van der Waals surface area contributed by atoms with E-state index in [-0.39, 0.29) is 6.61 Å². The number of nitrogens with zero attached hydrogens (tertiary/aromatic N) is 1. The van der Waals surface area contributed by atoms with Gasteiger partial charge in [0.15, 0.2) is 0 Å². The quantitative estimate of drug-likeness (QED) is 0.783. The SMILES string of the molecule is OCCCN1COc2ccccc2C1. The Morgan fingerprint density at radius 1 is 1.36 bits per heavy atom. The molecule has 1 N–H and O–H groups in total. The number of aliphatic hydroxyl groups is 1. The first kappa shape index (κ1) is 9.49. The van der Waals surface area contributed by atoms with Gasteiger partial charge in [-0.2, -0.15) is 0 Å². The van der Waals surface area contributed by atoms with Crippen molar-refractivity contribution in [3.8, 4) is 5.75 Å². The number of benzene rings is 1. The summed E-state index contributed by atoms with van der Waals surface area (Å²) in [6.07, 6.45) is 0.811. The predicted molar refractivity (Wildman–Crippen MR) is 54.0 cm³/mol. The van der Waals surface area contributed by atoms with Crippen LogP contribution < -0.4 is 4.74 Å². The Labute approximate surface area is 83.9 Å². The number of ether oxygens (including phenoxy) is 1. The summed E-state index contributed by atoms with van der Waals surface area (Å²) in [6, 6.07) is 8.10. The molecule has 0 aromatic heterocycles. The highest BCUT2D eigenvalue weighted by molar-refractivity contribution is 5.34. The Balaban J connectivity index is 1.99. The van der Waals surface area contributed by atoms with Gasteiger partial charge in [-0.15, -0.1) is 0 Å². The molecule has 0 atom stereocenters. The first-order valence-corrected chi connectivity index (χ1v) is 4.94. The monoisotopic (exact) mass is 193 g/mol. The van der Waals surface area contributed by atoms with Crippen LogP contribution in [0.15, 0.2) is 24.3 Å². The molecule has 0 radical (unpaired) electrons. The van der Waals surface area contributed by atoms with Crippen molar-refractivity contribution in [2.24, 2.45) is 0 Å². The lowest BCUT2D eigenvalue weighted by Gasteiger charge is -2.28. The Morgan fingerprint density at radius 3 is 3.07 bits per heavy atom. The summed E-state index contributed by atoms with van der Waals surface area (Å²) in [5.74, 6) is 0.993. The Hall–Kier alpha value is -1.06. The van der Waals surface area contributed by atoms with Crippen LogP contribution in [0.2, 0.25) is 0 Å². The zero-order valence-corrected chi connectivity index (χ0v) is 8.15. The molecule has 0 bridgehead atoms. The summed E-state index contributed by atoms with van der Waals surface area (Å²) in [7, 11) is 0. The van der Waals surface area contributed by atoms with Gasteiger partial charge in [-0.3, -0.25) is 4.90 Å². The van der Waals surface area contributed by atoms with E-state index in [4.69, 9.17) is 9.84 Å². The fourth-order valence-electron chi connectivity index (χ4n) is 1.66. The second kappa shape index (κ2) is 4.44. The summed E-state index contributed by atoms with van der Waals surface area (Å²) >= 11 is 0. The van der Waals surface area contributed by atoms with Crippen LogP contribution in [-0.4, -0.2) is 29.9 Å². The van der Waals surface area contributed by atoms with Crippen LogP contribution in [0.4, 0.5) is 0 Å². The maximum absolute atomic E-state index is 8.72. The molecule has 2 rings (SSSR count). The van der Waals surface area contributed by atoms with E-state index in [0.29, 0.717) is 6.73 Å². The molecular weight excluding hydrogens is 178 g/mol. The molecule has 1 heterocycles. The Kier molecular flexibility index (Phi) is 3.01. The van der Waals surface area contributed by atoms with Crippen molar-refractivity contribution in [3.63, 3.8) is 0 Å². The predicted octanol–water partition coefficient (Wildman–Crippen LogP) is 1.22. The number of rotatable bonds is 3. The highest BCUT2D eigenvalue weighted by atomic mass is 16.5. The Bertz CT molecular complexity index is 301. The van der Waals surface area contributed by atoms with Gasteiger partial charge in [-0.1, -0.05) is 18.2 Å². The first-order chi connectivity index (χ1) is 6.90. The van der Waals surface area contributed by atoms with E-state index < -0.39 is 0 Å². The van der Waals surface area contributed by atoms with Crippen LogP contribution in [0.5, 0.6) is 5.75 Å².